The van der Waals surface area contributed by atoms with E-state index in [9.17, 15) is 17.6 Å². The molecule has 1 atom stereocenters. The molecular weight excluding hydrogens is 365 g/mol. The largest absolute Gasteiger partial charge is 0.398 e. The van der Waals surface area contributed by atoms with E-state index in [1.807, 2.05) is 0 Å². The van der Waals surface area contributed by atoms with Gasteiger partial charge < -0.3 is 11.1 Å². The summed E-state index contributed by atoms with van der Waals surface area (Å²) in [5, 5.41) is 2.67. The topological polar surface area (TPSA) is 101 Å². The maximum atomic E-state index is 13.8. The van der Waals surface area contributed by atoms with Crippen molar-refractivity contribution in [1.82, 2.24) is 10.0 Å². The lowest BCUT2D eigenvalue weighted by atomic mass is 10.3. The van der Waals surface area contributed by atoms with E-state index in [0.717, 1.165) is 25.0 Å². The molecular formula is C12H15BrFN3O3S. The summed E-state index contributed by atoms with van der Waals surface area (Å²) in [7, 11) is -4.18. The van der Waals surface area contributed by atoms with E-state index in [-0.39, 0.29) is 16.2 Å². The number of nitrogens with two attached hydrogens (primary N) is 1. The van der Waals surface area contributed by atoms with Gasteiger partial charge in [0.2, 0.25) is 15.9 Å². The van der Waals surface area contributed by atoms with Gasteiger partial charge in [0.25, 0.3) is 0 Å². The van der Waals surface area contributed by atoms with Crippen molar-refractivity contribution < 1.29 is 17.6 Å². The maximum absolute atomic E-state index is 13.8. The summed E-state index contributed by atoms with van der Waals surface area (Å²) < 4.78 is 40.5. The predicted octanol–water partition coefficient (Wildman–Crippen LogP) is 1.12. The fraction of sp³-hybridized carbons (Fsp3) is 0.417. The molecule has 6 nitrogen and oxygen atoms in total. The molecule has 0 bridgehead atoms. The van der Waals surface area contributed by atoms with Crippen molar-refractivity contribution in [2.75, 3.05) is 5.73 Å². The van der Waals surface area contributed by atoms with Crippen LogP contribution in [0.5, 0.6) is 0 Å². The normalized spacial score (nSPS) is 16.5. The second kappa shape index (κ2) is 5.90. The van der Waals surface area contributed by atoms with Crippen LogP contribution in [0, 0.1) is 5.82 Å². The highest BCUT2D eigenvalue weighted by atomic mass is 79.9. The number of benzene rings is 1. The number of rotatable bonds is 5. The third-order valence-electron chi connectivity index (χ3n) is 2.99. The highest BCUT2D eigenvalue weighted by Crippen LogP contribution is 2.26. The summed E-state index contributed by atoms with van der Waals surface area (Å²) in [5.74, 6) is -1.38. The first-order valence-electron chi connectivity index (χ1n) is 6.28. The highest BCUT2D eigenvalue weighted by molar-refractivity contribution is 9.10. The number of sulfonamides is 1. The molecule has 0 radical (unpaired) electrons. The van der Waals surface area contributed by atoms with E-state index in [4.69, 9.17) is 5.73 Å². The third-order valence-corrected chi connectivity index (χ3v) is 5.23. The Morgan fingerprint density at radius 2 is 2.10 bits per heavy atom. The lowest BCUT2D eigenvalue weighted by Crippen LogP contribution is -2.45. The van der Waals surface area contributed by atoms with Gasteiger partial charge in [-0.25, -0.2) is 12.8 Å². The Kier molecular flexibility index (Phi) is 4.54. The number of nitrogens with one attached hydrogen (secondary N) is 2. The Hall–Kier alpha value is -1.19. The summed E-state index contributed by atoms with van der Waals surface area (Å²) in [6.07, 6.45) is 1.78. The van der Waals surface area contributed by atoms with Gasteiger partial charge in [0.1, 0.15) is 10.7 Å². The molecule has 1 unspecified atom stereocenters. The van der Waals surface area contributed by atoms with E-state index in [1.54, 1.807) is 0 Å². The molecule has 1 aliphatic carbocycles. The minimum Gasteiger partial charge on any atom is -0.398 e. The molecule has 0 spiro atoms. The average molecular weight is 380 g/mol. The lowest BCUT2D eigenvalue weighted by Gasteiger charge is -2.15. The van der Waals surface area contributed by atoms with Crippen molar-refractivity contribution in [3.8, 4) is 0 Å². The number of anilines is 1. The first-order chi connectivity index (χ1) is 9.70. The molecule has 4 N–H and O–H groups in total. The van der Waals surface area contributed by atoms with Gasteiger partial charge in [-0.2, -0.15) is 4.72 Å². The van der Waals surface area contributed by atoms with Crippen LogP contribution in [0.25, 0.3) is 0 Å². The molecule has 0 saturated heterocycles. The van der Waals surface area contributed by atoms with Crippen molar-refractivity contribution in [3.63, 3.8) is 0 Å². The minimum absolute atomic E-state index is 0.0897. The van der Waals surface area contributed by atoms with Crippen molar-refractivity contribution in [2.24, 2.45) is 0 Å². The molecule has 21 heavy (non-hydrogen) atoms. The number of nitrogen functional groups attached to an aromatic ring is 1. The highest BCUT2D eigenvalue weighted by Gasteiger charge is 2.29. The number of carbonyl (C=O) groups is 1. The van der Waals surface area contributed by atoms with Crippen LogP contribution < -0.4 is 15.8 Å². The molecule has 1 aliphatic rings. The number of halogens is 2. The fourth-order valence-corrected chi connectivity index (χ4v) is 3.27. The average Bonchev–Trinajstić information content (AvgIpc) is 3.16. The van der Waals surface area contributed by atoms with Crippen LogP contribution in [-0.2, 0) is 14.8 Å². The second-order valence-electron chi connectivity index (χ2n) is 4.93. The lowest BCUT2D eigenvalue weighted by molar-refractivity contribution is -0.122. The molecule has 0 aliphatic heterocycles. The second-order valence-corrected chi connectivity index (χ2v) is 7.47. The number of amides is 1. The van der Waals surface area contributed by atoms with Gasteiger partial charge in [0, 0.05) is 16.2 Å². The summed E-state index contributed by atoms with van der Waals surface area (Å²) in [4.78, 5) is 11.2. The number of hydrogen-bond donors (Lipinski definition) is 3. The van der Waals surface area contributed by atoms with E-state index in [0.29, 0.717) is 0 Å². The van der Waals surface area contributed by atoms with Gasteiger partial charge in [-0.1, -0.05) is 0 Å². The molecule has 1 amide bonds. The molecule has 1 saturated carbocycles. The Labute approximate surface area is 130 Å². The molecule has 0 aromatic heterocycles. The smallest absolute Gasteiger partial charge is 0.244 e. The quantitative estimate of drug-likeness (QED) is 0.667. The number of carbonyl (C=O) groups excluding carboxylic acids is 1. The minimum atomic E-state index is -4.18. The Bertz CT molecular complexity index is 677. The van der Waals surface area contributed by atoms with Crippen LogP contribution in [0.15, 0.2) is 21.5 Å². The van der Waals surface area contributed by atoms with Gasteiger partial charge in [-0.3, -0.25) is 4.79 Å². The standard InChI is InChI=1S/C12H15BrFN3O3S/c1-6(12(18)16-7-2-3-7)17-21(19,20)11-5-10(15)8(13)4-9(11)14/h4-7,17H,2-3,15H2,1H3,(H,16,18). The van der Waals surface area contributed by atoms with E-state index in [2.05, 4.69) is 26.0 Å². The fourth-order valence-electron chi connectivity index (χ4n) is 1.65. The molecule has 0 heterocycles. The van der Waals surface area contributed by atoms with Crippen LogP contribution in [0.2, 0.25) is 0 Å². The van der Waals surface area contributed by atoms with E-state index in [1.165, 1.54) is 6.92 Å². The molecule has 9 heteroatoms. The third kappa shape index (κ3) is 3.92. The Morgan fingerprint density at radius 3 is 2.67 bits per heavy atom. The predicted molar refractivity (Wildman–Crippen MR) is 79.5 cm³/mol. The van der Waals surface area contributed by atoms with Gasteiger partial charge in [-0.05, 0) is 47.8 Å². The zero-order valence-corrected chi connectivity index (χ0v) is 13.6. The molecule has 1 fully saturated rings. The maximum Gasteiger partial charge on any atom is 0.244 e. The number of hydrogen-bond acceptors (Lipinski definition) is 4. The first kappa shape index (κ1) is 16.2. The summed E-state index contributed by atoms with van der Waals surface area (Å²) in [6, 6.07) is 1.09. The van der Waals surface area contributed by atoms with Crippen LogP contribution in [0.4, 0.5) is 10.1 Å². The SMILES string of the molecule is CC(NS(=O)(=O)c1cc(N)c(Br)cc1F)C(=O)NC1CC1. The van der Waals surface area contributed by atoms with Gasteiger partial charge >= 0.3 is 0 Å². The van der Waals surface area contributed by atoms with Crippen LogP contribution in [-0.4, -0.2) is 26.4 Å². The summed E-state index contributed by atoms with van der Waals surface area (Å²) >= 11 is 3.01. The van der Waals surface area contributed by atoms with Crippen molar-refractivity contribution in [2.45, 2.75) is 36.7 Å². The van der Waals surface area contributed by atoms with Crippen molar-refractivity contribution >= 4 is 37.5 Å². The van der Waals surface area contributed by atoms with E-state index < -0.39 is 32.7 Å². The molecule has 1 aromatic rings. The van der Waals surface area contributed by atoms with Crippen molar-refractivity contribution in [3.05, 3.63) is 22.4 Å². The van der Waals surface area contributed by atoms with Gasteiger partial charge in [0.15, 0.2) is 0 Å². The Balaban J connectivity index is 2.17. The molecule has 2 rings (SSSR count). The monoisotopic (exact) mass is 379 g/mol. The van der Waals surface area contributed by atoms with Gasteiger partial charge in [-0.15, -0.1) is 0 Å². The summed E-state index contributed by atoms with van der Waals surface area (Å²) in [5.41, 5.74) is 5.66. The molecule has 116 valence electrons. The zero-order valence-electron chi connectivity index (χ0n) is 11.2. The van der Waals surface area contributed by atoms with Gasteiger partial charge in [0.05, 0.1) is 6.04 Å². The first-order valence-corrected chi connectivity index (χ1v) is 8.55. The van der Waals surface area contributed by atoms with E-state index >= 15 is 0 Å². The zero-order chi connectivity index (χ0) is 15.8. The van der Waals surface area contributed by atoms with Crippen LogP contribution in [0.3, 0.4) is 0 Å². The van der Waals surface area contributed by atoms with Crippen LogP contribution >= 0.6 is 15.9 Å². The summed E-state index contributed by atoms with van der Waals surface area (Å²) in [6.45, 7) is 1.40. The molecule has 1 aromatic carbocycles. The van der Waals surface area contributed by atoms with Crippen molar-refractivity contribution in [1.29, 1.82) is 0 Å². The Morgan fingerprint density at radius 1 is 1.48 bits per heavy atom. The van der Waals surface area contributed by atoms with Crippen LogP contribution in [0.1, 0.15) is 19.8 Å².